The standard InChI is InChI=1S/C17H13N2O.C12H14N.Ir/c1-4-10-18-12(3)13-6-5-7-14-15-9-8-11(2)19-17(15)20-16(13)14;1-4-5-6-11(3)12-8-7-10(2)9-13-12;/h4-5,7-10H,1,3H2,2H3;4,6-9H,1,3,5H2,2H3;/q2*-1;/i1D,2D3,3D,4D,10D;;. The van der Waals surface area contributed by atoms with Gasteiger partial charge in [-0.3, -0.25) is 0 Å². The van der Waals surface area contributed by atoms with Gasteiger partial charge < -0.3 is 14.4 Å². The van der Waals surface area contributed by atoms with E-state index in [-0.39, 0.29) is 42.8 Å². The van der Waals surface area contributed by atoms with Crippen LogP contribution in [0.1, 0.15) is 38.5 Å². The first kappa shape index (κ1) is 17.9. The van der Waals surface area contributed by atoms with Crippen molar-refractivity contribution in [2.24, 2.45) is 4.99 Å². The summed E-state index contributed by atoms with van der Waals surface area (Å²) in [5.41, 5.74) is 3.69. The van der Waals surface area contributed by atoms with Crippen LogP contribution in [-0.4, -0.2) is 16.2 Å². The topological polar surface area (TPSA) is 51.3 Å². The summed E-state index contributed by atoms with van der Waals surface area (Å²) in [4.78, 5) is 12.2. The van der Waals surface area contributed by atoms with Crippen LogP contribution in [0.15, 0.2) is 90.4 Å². The van der Waals surface area contributed by atoms with E-state index in [1.807, 2.05) is 37.8 Å². The largest absolute Gasteiger partial charge is 0.486 e. The molecule has 0 spiro atoms. The summed E-state index contributed by atoms with van der Waals surface area (Å²) in [5.74, 6) is 0. The van der Waals surface area contributed by atoms with E-state index in [1.54, 1.807) is 18.2 Å². The maximum Gasteiger partial charge on any atom is 0.216 e. The molecule has 0 fully saturated rings. The molecule has 0 unspecified atom stereocenters. The van der Waals surface area contributed by atoms with E-state index >= 15 is 0 Å². The molecule has 0 aliphatic heterocycles. The fourth-order valence-corrected chi connectivity index (χ4v) is 2.95. The van der Waals surface area contributed by atoms with Gasteiger partial charge >= 0.3 is 0 Å². The molecule has 0 saturated carbocycles. The van der Waals surface area contributed by atoms with Crippen molar-refractivity contribution < 1.29 is 34.1 Å². The van der Waals surface area contributed by atoms with Gasteiger partial charge in [0, 0.05) is 49.1 Å². The Labute approximate surface area is 224 Å². The van der Waals surface area contributed by atoms with Crippen molar-refractivity contribution in [3.8, 4) is 0 Å². The number of nitrogens with zero attached hydrogens (tertiary/aromatic N) is 3. The van der Waals surface area contributed by atoms with Crippen LogP contribution in [0.2, 0.25) is 0 Å². The van der Waals surface area contributed by atoms with Gasteiger partial charge in [-0.25, -0.2) is 4.98 Å². The molecule has 0 amide bonds. The molecule has 0 saturated heterocycles. The summed E-state index contributed by atoms with van der Waals surface area (Å²) in [5, 5.41) is 1.23. The molecule has 0 bridgehead atoms. The Kier molecular flexibility index (Phi) is 6.65. The van der Waals surface area contributed by atoms with Gasteiger partial charge in [-0.1, -0.05) is 48.2 Å². The number of pyridine rings is 2. The number of benzene rings is 1. The summed E-state index contributed by atoms with van der Waals surface area (Å²) in [6.07, 6.45) is 6.08. The molecule has 0 aliphatic carbocycles. The van der Waals surface area contributed by atoms with E-state index in [2.05, 4.69) is 34.2 Å². The Morgan fingerprint density at radius 3 is 2.91 bits per heavy atom. The third-order valence-electron chi connectivity index (χ3n) is 4.57. The van der Waals surface area contributed by atoms with Gasteiger partial charge in [0.15, 0.2) is 0 Å². The van der Waals surface area contributed by atoms with E-state index < -0.39 is 19.1 Å². The molecule has 1 aromatic carbocycles. The monoisotopic (exact) mass is 633 g/mol. The van der Waals surface area contributed by atoms with Crippen LogP contribution >= 0.6 is 0 Å². The van der Waals surface area contributed by atoms with Crippen LogP contribution in [-0.2, 0) is 20.1 Å². The maximum atomic E-state index is 7.70. The summed E-state index contributed by atoms with van der Waals surface area (Å²) in [6.45, 7) is 8.80. The van der Waals surface area contributed by atoms with Gasteiger partial charge in [-0.2, -0.15) is 18.6 Å². The summed E-state index contributed by atoms with van der Waals surface area (Å²) >= 11 is 0. The molecule has 5 heteroatoms. The smallest absolute Gasteiger partial charge is 0.216 e. The molecule has 0 N–H and O–H groups in total. The summed E-state index contributed by atoms with van der Waals surface area (Å²) in [7, 11) is 0. The molecule has 4 rings (SSSR count). The Balaban J connectivity index is 0.000000355. The van der Waals surface area contributed by atoms with E-state index in [0.717, 1.165) is 24.2 Å². The van der Waals surface area contributed by atoms with Gasteiger partial charge in [0.25, 0.3) is 0 Å². The van der Waals surface area contributed by atoms with Gasteiger partial charge in [0.1, 0.15) is 0 Å². The van der Waals surface area contributed by atoms with Crippen molar-refractivity contribution in [2.45, 2.75) is 20.2 Å². The maximum absolute atomic E-state index is 7.70. The van der Waals surface area contributed by atoms with E-state index in [4.69, 9.17) is 14.0 Å². The number of allylic oxidation sites excluding steroid dienone is 3. The van der Waals surface area contributed by atoms with Crippen LogP contribution in [0.4, 0.5) is 0 Å². The molecule has 34 heavy (non-hydrogen) atoms. The van der Waals surface area contributed by atoms with E-state index in [9.17, 15) is 0 Å². The first-order valence-corrected chi connectivity index (χ1v) is 10.00. The number of hydrogen-bond donors (Lipinski definition) is 0. The van der Waals surface area contributed by atoms with Crippen molar-refractivity contribution in [3.05, 3.63) is 116 Å². The van der Waals surface area contributed by atoms with Gasteiger partial charge in [-0.05, 0) is 42.9 Å². The second-order valence-corrected chi connectivity index (χ2v) is 6.97. The Morgan fingerprint density at radius 1 is 1.32 bits per heavy atom. The van der Waals surface area contributed by atoms with Crippen LogP contribution in [0, 0.1) is 26.3 Å². The van der Waals surface area contributed by atoms with Crippen molar-refractivity contribution in [2.75, 3.05) is 0 Å². The predicted molar refractivity (Wildman–Crippen MR) is 140 cm³/mol. The summed E-state index contributed by atoms with van der Waals surface area (Å²) < 4.78 is 57.9. The molecule has 4 aromatic rings. The first-order chi connectivity index (χ1) is 19.0. The number of fused-ring (bicyclic) bond motifs is 3. The van der Waals surface area contributed by atoms with Crippen molar-refractivity contribution >= 4 is 39.5 Å². The number of hydrogen-bond acceptors (Lipinski definition) is 4. The molecule has 3 heterocycles. The average Bonchev–Trinajstić information content (AvgIpc) is 3.32. The van der Waals surface area contributed by atoms with Gasteiger partial charge in [0.2, 0.25) is 5.71 Å². The molecule has 1 radical (unpaired) electrons. The minimum Gasteiger partial charge on any atom is -0.486 e. The molecular weight excluding hydrogens is 599 g/mol. The van der Waals surface area contributed by atoms with Crippen LogP contribution in [0.5, 0.6) is 0 Å². The quantitative estimate of drug-likeness (QED) is 0.121. The van der Waals surface area contributed by atoms with Crippen molar-refractivity contribution in [1.82, 2.24) is 9.97 Å². The van der Waals surface area contributed by atoms with E-state index in [0.29, 0.717) is 22.9 Å². The Bertz CT molecular complexity index is 1620. The zero-order chi connectivity index (χ0) is 29.4. The van der Waals surface area contributed by atoms with Crippen molar-refractivity contribution in [1.29, 1.82) is 0 Å². The number of aryl methyl sites for hydroxylation is 2. The Hall–Kier alpha value is -3.53. The number of rotatable bonds is 7. The minimum atomic E-state index is -2.37. The number of aromatic nitrogens is 2. The second-order valence-electron chi connectivity index (χ2n) is 6.97. The normalized spacial score (nSPS) is 15.2. The molecule has 0 atom stereocenters. The SMILES string of the molecule is C=CC[CH-]C(=C)c1ccc(C)cn1.[2H]C=C([2H])C([2H])=NC(=C[2H])c1[c-]ccc2c1oc1nc(C([2H])([2H])[2H])ccc12.[Ir]. The fraction of sp³-hybridized carbons (Fsp3) is 0.103. The zero-order valence-electron chi connectivity index (χ0n) is 25.6. The number of aliphatic imine (C=N–C) groups is 1. The van der Waals surface area contributed by atoms with Gasteiger partial charge in [-0.15, -0.1) is 31.3 Å². The fourth-order valence-electron chi connectivity index (χ4n) is 2.95. The van der Waals surface area contributed by atoms with Crippen LogP contribution in [0.25, 0.3) is 33.3 Å². The Morgan fingerprint density at radius 2 is 2.21 bits per heavy atom. The van der Waals surface area contributed by atoms with E-state index in [1.165, 1.54) is 11.6 Å². The predicted octanol–water partition coefficient (Wildman–Crippen LogP) is 7.50. The molecular formula is C29H27IrN3O-2. The molecule has 4 nitrogen and oxygen atoms in total. The molecule has 175 valence electrons. The second kappa shape index (κ2) is 12.6. The third-order valence-corrected chi connectivity index (χ3v) is 4.57. The molecule has 3 aromatic heterocycles. The number of furan rings is 1. The van der Waals surface area contributed by atoms with Crippen LogP contribution in [0.3, 0.4) is 0 Å². The first-order valence-electron chi connectivity index (χ1n) is 13.7. The zero-order valence-corrected chi connectivity index (χ0v) is 21.0. The van der Waals surface area contributed by atoms with Crippen LogP contribution < -0.4 is 0 Å². The third kappa shape index (κ3) is 6.50. The minimum absolute atomic E-state index is 0. The summed E-state index contributed by atoms with van der Waals surface area (Å²) in [6, 6.07) is 12.8. The van der Waals surface area contributed by atoms with Gasteiger partial charge in [0.05, 0.1) is 9.70 Å². The van der Waals surface area contributed by atoms with Crippen molar-refractivity contribution in [3.63, 3.8) is 0 Å². The average molecular weight is 633 g/mol. The molecule has 0 aliphatic rings.